The molecule has 0 aliphatic carbocycles. The van der Waals surface area contributed by atoms with E-state index in [0.717, 1.165) is 12.0 Å². The van der Waals surface area contributed by atoms with Crippen LogP contribution in [0.25, 0.3) is 0 Å². The molecule has 0 amide bonds. The molecule has 2 nitrogen and oxygen atoms in total. The van der Waals surface area contributed by atoms with E-state index in [4.69, 9.17) is 0 Å². The van der Waals surface area contributed by atoms with E-state index in [0.29, 0.717) is 4.88 Å². The SMILES string of the molecule is CSOC(=O)c1cccs1. The number of thiophene rings is 1. The van der Waals surface area contributed by atoms with Crippen LogP contribution in [0.1, 0.15) is 9.67 Å². The van der Waals surface area contributed by atoms with Crippen LogP contribution in [0.4, 0.5) is 0 Å². The molecule has 0 aliphatic rings. The molecule has 0 aromatic carbocycles. The van der Waals surface area contributed by atoms with Crippen molar-refractivity contribution in [2.75, 3.05) is 6.26 Å². The first-order valence-electron chi connectivity index (χ1n) is 2.63. The second kappa shape index (κ2) is 3.63. The largest absolute Gasteiger partial charge is 0.387 e. The standard InChI is InChI=1S/C6H6O2S2/c1-9-8-6(7)5-3-2-4-10-5/h2-4H,1H3. The molecule has 0 saturated heterocycles. The van der Waals surface area contributed by atoms with Gasteiger partial charge in [-0.2, -0.15) is 0 Å². The molecule has 1 aromatic rings. The summed E-state index contributed by atoms with van der Waals surface area (Å²) in [5, 5.41) is 1.84. The van der Waals surface area contributed by atoms with Crippen LogP contribution in [-0.2, 0) is 4.18 Å². The van der Waals surface area contributed by atoms with Crippen LogP contribution in [-0.4, -0.2) is 12.2 Å². The fourth-order valence-corrected chi connectivity index (χ4v) is 1.40. The van der Waals surface area contributed by atoms with Crippen LogP contribution in [0.5, 0.6) is 0 Å². The van der Waals surface area contributed by atoms with Crippen molar-refractivity contribution in [3.8, 4) is 0 Å². The summed E-state index contributed by atoms with van der Waals surface area (Å²) in [5.74, 6) is -0.262. The summed E-state index contributed by atoms with van der Waals surface area (Å²) in [5.41, 5.74) is 0. The lowest BCUT2D eigenvalue weighted by Crippen LogP contribution is -1.94. The van der Waals surface area contributed by atoms with Gasteiger partial charge in [-0.15, -0.1) is 11.3 Å². The fraction of sp³-hybridized carbons (Fsp3) is 0.167. The van der Waals surface area contributed by atoms with Gasteiger partial charge in [0.15, 0.2) is 0 Å². The lowest BCUT2D eigenvalue weighted by molar-refractivity contribution is 0.0774. The van der Waals surface area contributed by atoms with Gasteiger partial charge in [-0.25, -0.2) is 4.79 Å². The Morgan fingerprint density at radius 1 is 1.80 bits per heavy atom. The monoisotopic (exact) mass is 174 g/mol. The van der Waals surface area contributed by atoms with Crippen molar-refractivity contribution in [2.24, 2.45) is 0 Å². The smallest absolute Gasteiger partial charge is 0.360 e. The average Bonchev–Trinajstić information content (AvgIpc) is 2.38. The van der Waals surface area contributed by atoms with Gasteiger partial charge in [0.2, 0.25) is 0 Å². The molecule has 0 bridgehead atoms. The molecule has 0 atom stereocenters. The summed E-state index contributed by atoms with van der Waals surface area (Å²) >= 11 is 2.45. The minimum Gasteiger partial charge on any atom is -0.387 e. The number of hydrogen-bond donors (Lipinski definition) is 0. The number of carbonyl (C=O) groups is 1. The molecule has 10 heavy (non-hydrogen) atoms. The third-order valence-electron chi connectivity index (χ3n) is 0.881. The molecular formula is C6H6O2S2. The van der Waals surface area contributed by atoms with Gasteiger partial charge in [0.25, 0.3) is 0 Å². The van der Waals surface area contributed by atoms with Crippen molar-refractivity contribution in [2.45, 2.75) is 0 Å². The summed E-state index contributed by atoms with van der Waals surface area (Å²) < 4.78 is 4.67. The molecule has 4 heteroatoms. The van der Waals surface area contributed by atoms with E-state index < -0.39 is 0 Å². The van der Waals surface area contributed by atoms with Gasteiger partial charge >= 0.3 is 5.97 Å². The lowest BCUT2D eigenvalue weighted by atomic mass is 10.5. The van der Waals surface area contributed by atoms with E-state index in [1.54, 1.807) is 12.3 Å². The highest BCUT2D eigenvalue weighted by Gasteiger charge is 2.05. The lowest BCUT2D eigenvalue weighted by Gasteiger charge is -1.93. The molecule has 0 fully saturated rings. The van der Waals surface area contributed by atoms with Crippen molar-refractivity contribution in [1.29, 1.82) is 0 Å². The third kappa shape index (κ3) is 1.75. The zero-order valence-electron chi connectivity index (χ0n) is 5.37. The second-order valence-electron chi connectivity index (χ2n) is 1.51. The van der Waals surface area contributed by atoms with Gasteiger partial charge in [0.1, 0.15) is 4.88 Å². The fourth-order valence-electron chi connectivity index (χ4n) is 0.511. The second-order valence-corrected chi connectivity index (χ2v) is 2.96. The predicted octanol–water partition coefficient (Wildman–Crippen LogP) is 2.18. The Bertz CT molecular complexity index is 206. The van der Waals surface area contributed by atoms with Crippen LogP contribution < -0.4 is 0 Å². The highest BCUT2D eigenvalue weighted by Crippen LogP contribution is 2.12. The van der Waals surface area contributed by atoms with E-state index >= 15 is 0 Å². The first-order chi connectivity index (χ1) is 4.84. The molecule has 1 heterocycles. The maximum absolute atomic E-state index is 10.9. The van der Waals surface area contributed by atoms with Gasteiger partial charge in [0, 0.05) is 6.26 Å². The van der Waals surface area contributed by atoms with E-state index in [1.807, 2.05) is 11.4 Å². The highest BCUT2D eigenvalue weighted by atomic mass is 32.2. The number of carbonyl (C=O) groups excluding carboxylic acids is 1. The Kier molecular flexibility index (Phi) is 2.77. The summed E-state index contributed by atoms with van der Waals surface area (Å²) in [6, 6.07) is 3.56. The van der Waals surface area contributed by atoms with Crippen LogP contribution in [0.3, 0.4) is 0 Å². The molecule has 0 radical (unpaired) electrons. The highest BCUT2D eigenvalue weighted by molar-refractivity contribution is 7.94. The Labute approximate surface area is 67.4 Å². The van der Waals surface area contributed by atoms with Gasteiger partial charge < -0.3 is 4.18 Å². The summed E-state index contributed by atoms with van der Waals surface area (Å²) in [4.78, 5) is 11.5. The maximum Gasteiger partial charge on any atom is 0.360 e. The van der Waals surface area contributed by atoms with Gasteiger partial charge in [-0.05, 0) is 11.4 Å². The normalized spacial score (nSPS) is 9.30. The molecule has 1 aromatic heterocycles. The molecule has 0 unspecified atom stereocenters. The van der Waals surface area contributed by atoms with Crippen molar-refractivity contribution in [3.63, 3.8) is 0 Å². The molecule has 0 saturated carbocycles. The topological polar surface area (TPSA) is 26.3 Å². The summed E-state index contributed by atoms with van der Waals surface area (Å²) in [7, 11) is 0. The first-order valence-corrected chi connectivity index (χ1v) is 4.66. The molecule has 54 valence electrons. The minimum atomic E-state index is -0.262. The van der Waals surface area contributed by atoms with Gasteiger partial charge in [-0.1, -0.05) is 6.07 Å². The van der Waals surface area contributed by atoms with Crippen molar-refractivity contribution in [1.82, 2.24) is 0 Å². The summed E-state index contributed by atoms with van der Waals surface area (Å²) in [6.45, 7) is 0. The summed E-state index contributed by atoms with van der Waals surface area (Å²) in [6.07, 6.45) is 1.71. The minimum absolute atomic E-state index is 0.262. The van der Waals surface area contributed by atoms with Crippen LogP contribution >= 0.6 is 23.4 Å². The Balaban J connectivity index is 2.59. The van der Waals surface area contributed by atoms with E-state index in [9.17, 15) is 4.79 Å². The van der Waals surface area contributed by atoms with Crippen molar-refractivity contribution in [3.05, 3.63) is 22.4 Å². The number of hydrogen-bond acceptors (Lipinski definition) is 4. The van der Waals surface area contributed by atoms with E-state index in [-0.39, 0.29) is 5.97 Å². The number of rotatable bonds is 2. The molecule has 0 N–H and O–H groups in total. The Morgan fingerprint density at radius 2 is 2.60 bits per heavy atom. The maximum atomic E-state index is 10.9. The van der Waals surface area contributed by atoms with Gasteiger partial charge in [0.05, 0.1) is 12.0 Å². The average molecular weight is 174 g/mol. The molecule has 0 spiro atoms. The van der Waals surface area contributed by atoms with Crippen molar-refractivity contribution >= 4 is 29.3 Å². The zero-order valence-corrected chi connectivity index (χ0v) is 7.00. The molecule has 0 aliphatic heterocycles. The van der Waals surface area contributed by atoms with Crippen molar-refractivity contribution < 1.29 is 8.98 Å². The van der Waals surface area contributed by atoms with Crippen LogP contribution in [0.2, 0.25) is 0 Å². The quantitative estimate of drug-likeness (QED) is 0.643. The van der Waals surface area contributed by atoms with E-state index in [1.165, 1.54) is 11.3 Å². The first kappa shape index (κ1) is 7.63. The predicted molar refractivity (Wildman–Crippen MR) is 43.2 cm³/mol. The third-order valence-corrected chi connectivity index (χ3v) is 2.05. The molecule has 1 rings (SSSR count). The van der Waals surface area contributed by atoms with E-state index in [2.05, 4.69) is 4.18 Å². The van der Waals surface area contributed by atoms with Crippen LogP contribution in [0.15, 0.2) is 17.5 Å². The van der Waals surface area contributed by atoms with Crippen LogP contribution in [0, 0.1) is 0 Å². The molecular weight excluding hydrogens is 168 g/mol. The van der Waals surface area contributed by atoms with Gasteiger partial charge in [-0.3, -0.25) is 0 Å². The Morgan fingerprint density at radius 3 is 3.10 bits per heavy atom. The zero-order chi connectivity index (χ0) is 7.40. The Hall–Kier alpha value is -0.480.